The van der Waals surface area contributed by atoms with Gasteiger partial charge in [0.1, 0.15) is 5.75 Å². The van der Waals surface area contributed by atoms with Gasteiger partial charge in [-0.15, -0.1) is 0 Å². The van der Waals surface area contributed by atoms with E-state index in [2.05, 4.69) is 10.2 Å². The Morgan fingerprint density at radius 2 is 2.33 bits per heavy atom. The highest BCUT2D eigenvalue weighted by molar-refractivity contribution is 7.84. The molecule has 76 valence electrons. The molecule has 1 unspecified atom stereocenters. The number of H-pyrrole nitrogens is 1. The van der Waals surface area contributed by atoms with Crippen LogP contribution in [0, 0.1) is 0 Å². The number of phenols is 1. The normalized spacial score (nSPS) is 18.3. The Balaban J connectivity index is 2.35. The summed E-state index contributed by atoms with van der Waals surface area (Å²) in [6.45, 7) is 0. The van der Waals surface area contributed by atoms with Crippen LogP contribution in [-0.2, 0) is 16.6 Å². The fourth-order valence-corrected chi connectivity index (χ4v) is 3.07. The molecule has 0 amide bonds. The number of hydrogen-bond donors (Lipinski definition) is 2. The van der Waals surface area contributed by atoms with Crippen LogP contribution in [0.4, 0.5) is 0 Å². The van der Waals surface area contributed by atoms with E-state index < -0.39 is 10.8 Å². The van der Waals surface area contributed by atoms with Gasteiger partial charge in [-0.25, -0.2) is 0 Å². The average molecular weight is 220 g/mol. The van der Waals surface area contributed by atoms with Crippen molar-refractivity contribution in [3.63, 3.8) is 0 Å². The fourth-order valence-electron chi connectivity index (χ4n) is 1.78. The lowest BCUT2D eigenvalue weighted by Gasteiger charge is -2.14. The van der Waals surface area contributed by atoms with E-state index in [-0.39, 0.29) is 5.75 Å². The van der Waals surface area contributed by atoms with Crippen molar-refractivity contribution < 1.29 is 9.32 Å². The van der Waals surface area contributed by atoms with Crippen LogP contribution in [-0.4, -0.2) is 19.5 Å². The van der Waals surface area contributed by atoms with Crippen LogP contribution in [0.5, 0.6) is 5.75 Å². The Morgan fingerprint density at radius 3 is 3.20 bits per heavy atom. The highest BCUT2D eigenvalue weighted by Crippen LogP contribution is 2.36. The van der Waals surface area contributed by atoms with Gasteiger partial charge in [-0.3, -0.25) is 9.31 Å². The number of rotatable bonds is 0. The van der Waals surface area contributed by atoms with Crippen molar-refractivity contribution in [3.05, 3.63) is 30.0 Å². The maximum Gasteiger partial charge on any atom is 0.116 e. The second-order valence-corrected chi connectivity index (χ2v) is 4.86. The van der Waals surface area contributed by atoms with Gasteiger partial charge in [0.05, 0.1) is 28.4 Å². The second kappa shape index (κ2) is 2.93. The standard InChI is InChI=1S/C10H8N2O2S/c13-7-1-2-9-8(3-7)10-6(4-11-12-10)5-15(9)14/h1-4,13H,5H2,(H,11,12). The molecule has 0 spiro atoms. The first-order chi connectivity index (χ1) is 7.25. The van der Waals surface area contributed by atoms with Crippen LogP contribution in [0.3, 0.4) is 0 Å². The number of hydrogen-bond acceptors (Lipinski definition) is 3. The molecule has 3 rings (SSSR count). The molecule has 1 aliphatic heterocycles. The third-order valence-corrected chi connectivity index (χ3v) is 3.90. The fraction of sp³-hybridized carbons (Fsp3) is 0.100. The van der Waals surface area contributed by atoms with Crippen LogP contribution in [0.2, 0.25) is 0 Å². The number of aromatic nitrogens is 2. The minimum atomic E-state index is -1.03. The number of aromatic amines is 1. The van der Waals surface area contributed by atoms with Crippen LogP contribution < -0.4 is 0 Å². The van der Waals surface area contributed by atoms with Crippen molar-refractivity contribution in [3.8, 4) is 17.0 Å². The first-order valence-corrected chi connectivity index (χ1v) is 5.81. The molecule has 5 heteroatoms. The molecule has 2 heterocycles. The number of aromatic hydroxyl groups is 1. The molecule has 2 aromatic rings. The number of phenolic OH excluding ortho intramolecular Hbond substituents is 1. The molecular formula is C10H8N2O2S. The maximum atomic E-state index is 11.8. The summed E-state index contributed by atoms with van der Waals surface area (Å²) < 4.78 is 11.8. The molecule has 0 bridgehead atoms. The topological polar surface area (TPSA) is 66.0 Å². The van der Waals surface area contributed by atoms with Gasteiger partial charge in [-0.2, -0.15) is 5.10 Å². The average Bonchev–Trinajstić information content (AvgIpc) is 2.65. The summed E-state index contributed by atoms with van der Waals surface area (Å²) >= 11 is 0. The van der Waals surface area contributed by atoms with Crippen molar-refractivity contribution >= 4 is 10.8 Å². The first kappa shape index (κ1) is 8.67. The summed E-state index contributed by atoms with van der Waals surface area (Å²) in [5, 5.41) is 16.2. The number of nitrogens with one attached hydrogen (secondary N) is 1. The molecule has 0 saturated carbocycles. The predicted molar refractivity (Wildman–Crippen MR) is 55.8 cm³/mol. The quantitative estimate of drug-likeness (QED) is 0.705. The van der Waals surface area contributed by atoms with E-state index >= 15 is 0 Å². The van der Waals surface area contributed by atoms with Gasteiger partial charge in [-0.1, -0.05) is 0 Å². The molecular weight excluding hydrogens is 212 g/mol. The van der Waals surface area contributed by atoms with Crippen LogP contribution >= 0.6 is 0 Å². The summed E-state index contributed by atoms with van der Waals surface area (Å²) in [6.07, 6.45) is 1.68. The van der Waals surface area contributed by atoms with Gasteiger partial charge in [0.25, 0.3) is 0 Å². The Labute approximate surface area is 88.4 Å². The predicted octanol–water partition coefficient (Wildman–Crippen LogP) is 1.40. The van der Waals surface area contributed by atoms with E-state index in [1.807, 2.05) is 0 Å². The zero-order chi connectivity index (χ0) is 10.4. The Kier molecular flexibility index (Phi) is 1.70. The van der Waals surface area contributed by atoms with Gasteiger partial charge < -0.3 is 5.11 Å². The van der Waals surface area contributed by atoms with Crippen molar-refractivity contribution in [1.29, 1.82) is 0 Å². The van der Waals surface area contributed by atoms with E-state index in [1.165, 1.54) is 0 Å². The zero-order valence-corrected chi connectivity index (χ0v) is 8.54. The molecule has 1 aromatic heterocycles. The summed E-state index contributed by atoms with van der Waals surface area (Å²) in [5.74, 6) is 0.664. The van der Waals surface area contributed by atoms with Crippen LogP contribution in [0.1, 0.15) is 5.56 Å². The lowest BCUT2D eigenvalue weighted by atomic mass is 10.1. The zero-order valence-electron chi connectivity index (χ0n) is 7.73. The van der Waals surface area contributed by atoms with Crippen molar-refractivity contribution in [2.45, 2.75) is 10.6 Å². The molecule has 0 saturated heterocycles. The molecule has 1 aromatic carbocycles. The third kappa shape index (κ3) is 1.20. The van der Waals surface area contributed by atoms with E-state index in [0.29, 0.717) is 5.75 Å². The highest BCUT2D eigenvalue weighted by atomic mass is 32.2. The van der Waals surface area contributed by atoms with Gasteiger partial charge >= 0.3 is 0 Å². The van der Waals surface area contributed by atoms with Gasteiger partial charge in [0, 0.05) is 16.0 Å². The van der Waals surface area contributed by atoms with Gasteiger partial charge in [0.2, 0.25) is 0 Å². The monoisotopic (exact) mass is 220 g/mol. The molecule has 15 heavy (non-hydrogen) atoms. The smallest absolute Gasteiger partial charge is 0.116 e. The van der Waals surface area contributed by atoms with Gasteiger partial charge in [-0.05, 0) is 18.2 Å². The molecule has 2 N–H and O–H groups in total. The summed E-state index contributed by atoms with van der Waals surface area (Å²) in [4.78, 5) is 0.754. The SMILES string of the molecule is O=S1Cc2cn[nH]c2-c2cc(O)ccc21. The van der Waals surface area contributed by atoms with Crippen molar-refractivity contribution in [2.75, 3.05) is 0 Å². The molecule has 0 fully saturated rings. The lowest BCUT2D eigenvalue weighted by molar-refractivity contribution is 0.475. The molecule has 1 atom stereocenters. The van der Waals surface area contributed by atoms with E-state index in [4.69, 9.17) is 0 Å². The minimum Gasteiger partial charge on any atom is -0.508 e. The molecule has 1 aliphatic rings. The van der Waals surface area contributed by atoms with E-state index in [9.17, 15) is 9.32 Å². The molecule has 0 aliphatic carbocycles. The van der Waals surface area contributed by atoms with Crippen LogP contribution in [0.25, 0.3) is 11.3 Å². The number of nitrogens with zero attached hydrogens (tertiary/aromatic N) is 1. The second-order valence-electron chi connectivity index (χ2n) is 3.44. The lowest BCUT2D eigenvalue weighted by Crippen LogP contribution is -2.05. The maximum absolute atomic E-state index is 11.8. The summed E-state index contributed by atoms with van der Waals surface area (Å²) in [6, 6.07) is 4.87. The molecule has 0 radical (unpaired) electrons. The Hall–Kier alpha value is -1.62. The number of benzene rings is 1. The Morgan fingerprint density at radius 1 is 1.47 bits per heavy atom. The summed E-state index contributed by atoms with van der Waals surface area (Å²) in [7, 11) is -1.03. The van der Waals surface area contributed by atoms with Crippen molar-refractivity contribution in [2.24, 2.45) is 0 Å². The largest absolute Gasteiger partial charge is 0.508 e. The Bertz CT molecular complexity index is 562. The third-order valence-electron chi connectivity index (χ3n) is 2.48. The summed E-state index contributed by atoms with van der Waals surface area (Å²) in [5.41, 5.74) is 2.58. The first-order valence-electron chi connectivity index (χ1n) is 4.50. The highest BCUT2D eigenvalue weighted by Gasteiger charge is 2.23. The molecule has 4 nitrogen and oxygen atoms in total. The van der Waals surface area contributed by atoms with E-state index in [1.54, 1.807) is 24.4 Å². The number of fused-ring (bicyclic) bond motifs is 3. The van der Waals surface area contributed by atoms with E-state index in [0.717, 1.165) is 21.7 Å². The van der Waals surface area contributed by atoms with Gasteiger partial charge in [0.15, 0.2) is 0 Å². The minimum absolute atomic E-state index is 0.174. The van der Waals surface area contributed by atoms with Crippen molar-refractivity contribution in [1.82, 2.24) is 10.2 Å². The van der Waals surface area contributed by atoms with Crippen LogP contribution in [0.15, 0.2) is 29.3 Å².